The quantitative estimate of drug-likeness (QED) is 0.145. The van der Waals surface area contributed by atoms with Gasteiger partial charge in [-0.25, -0.2) is 9.78 Å². The minimum atomic E-state index is -0.275. The average Bonchev–Trinajstić information content (AvgIpc) is 3.35. The second-order valence-electron chi connectivity index (χ2n) is 11.0. The Balaban J connectivity index is 1.62. The van der Waals surface area contributed by atoms with E-state index < -0.39 is 0 Å². The Labute approximate surface area is 248 Å². The van der Waals surface area contributed by atoms with Gasteiger partial charge < -0.3 is 15.4 Å². The van der Waals surface area contributed by atoms with Crippen LogP contribution in [0.1, 0.15) is 62.9 Å². The van der Waals surface area contributed by atoms with E-state index in [1.165, 1.54) is 10.1 Å². The molecular formula is C33H46N6O3. The lowest BCUT2D eigenvalue weighted by Gasteiger charge is -2.20. The summed E-state index contributed by atoms with van der Waals surface area (Å²) in [5.41, 5.74) is 9.39. The van der Waals surface area contributed by atoms with Crippen LogP contribution in [0, 0.1) is 0 Å². The molecule has 0 saturated heterocycles. The molecule has 2 aromatic heterocycles. The van der Waals surface area contributed by atoms with E-state index in [0.29, 0.717) is 56.7 Å². The van der Waals surface area contributed by atoms with E-state index >= 15 is 0 Å². The fourth-order valence-electron chi connectivity index (χ4n) is 5.56. The number of likely N-dealkylation sites (N-methyl/N-ethyl adjacent to an activating group) is 1. The molecule has 2 heterocycles. The number of aryl methyl sites for hydroxylation is 2. The number of aromatic nitrogens is 4. The third-order valence-electron chi connectivity index (χ3n) is 7.93. The van der Waals surface area contributed by atoms with Gasteiger partial charge in [-0.2, -0.15) is 0 Å². The molecule has 0 aliphatic rings. The number of hydrogen-bond acceptors (Lipinski definition) is 6. The van der Waals surface area contributed by atoms with Crippen LogP contribution in [0.15, 0.2) is 64.2 Å². The van der Waals surface area contributed by atoms with Crippen LogP contribution in [0.5, 0.6) is 0 Å². The Hall–Kier alpha value is -3.69. The minimum Gasteiger partial charge on any atom is -0.399 e. The molecule has 226 valence electrons. The molecule has 0 saturated carbocycles. The van der Waals surface area contributed by atoms with Gasteiger partial charge in [0.2, 0.25) is 0 Å². The maximum atomic E-state index is 13.8. The second kappa shape index (κ2) is 15.5. The molecule has 0 bridgehead atoms. The number of anilines is 1. The first-order valence-corrected chi connectivity index (χ1v) is 15.4. The van der Waals surface area contributed by atoms with Crippen LogP contribution in [0.25, 0.3) is 11.2 Å². The van der Waals surface area contributed by atoms with Gasteiger partial charge in [0.15, 0.2) is 11.2 Å². The molecule has 42 heavy (non-hydrogen) atoms. The van der Waals surface area contributed by atoms with Gasteiger partial charge in [0.25, 0.3) is 5.56 Å². The highest BCUT2D eigenvalue weighted by atomic mass is 16.3. The zero-order chi connectivity index (χ0) is 29.9. The number of aliphatic hydroxyl groups excluding tert-OH is 1. The van der Waals surface area contributed by atoms with E-state index in [1.54, 1.807) is 4.57 Å². The summed E-state index contributed by atoms with van der Waals surface area (Å²) in [6.45, 7) is 7.61. The van der Waals surface area contributed by atoms with Crippen molar-refractivity contribution < 1.29 is 5.11 Å². The van der Waals surface area contributed by atoms with Crippen molar-refractivity contribution in [1.82, 2.24) is 23.6 Å². The smallest absolute Gasteiger partial charge is 0.332 e. The monoisotopic (exact) mass is 574 g/mol. The molecule has 4 aromatic rings. The lowest BCUT2D eigenvalue weighted by Crippen LogP contribution is -2.41. The van der Waals surface area contributed by atoms with Crippen LogP contribution >= 0.6 is 0 Å². The van der Waals surface area contributed by atoms with Gasteiger partial charge in [0.05, 0.1) is 6.61 Å². The Morgan fingerprint density at radius 2 is 1.55 bits per heavy atom. The predicted molar refractivity (Wildman–Crippen MR) is 170 cm³/mol. The van der Waals surface area contributed by atoms with E-state index in [4.69, 9.17) is 10.7 Å². The highest BCUT2D eigenvalue weighted by molar-refractivity contribution is 5.71. The molecule has 0 aliphatic carbocycles. The number of nitrogens with two attached hydrogens (primary N) is 1. The summed E-state index contributed by atoms with van der Waals surface area (Å²) in [6.07, 6.45) is 6.21. The number of rotatable bonds is 17. The second-order valence-corrected chi connectivity index (χ2v) is 11.0. The summed E-state index contributed by atoms with van der Waals surface area (Å²) < 4.78 is 5.13. The molecular weight excluding hydrogens is 528 g/mol. The van der Waals surface area contributed by atoms with E-state index in [0.717, 1.165) is 55.7 Å². The molecule has 0 fully saturated rings. The van der Waals surface area contributed by atoms with E-state index in [-0.39, 0.29) is 17.9 Å². The number of imidazole rings is 1. The first kappa shape index (κ1) is 31.3. The summed E-state index contributed by atoms with van der Waals surface area (Å²) in [4.78, 5) is 34.6. The number of benzene rings is 2. The number of nitrogens with zero attached hydrogens (tertiary/aromatic N) is 5. The predicted octanol–water partition coefficient (Wildman–Crippen LogP) is 4.06. The van der Waals surface area contributed by atoms with Gasteiger partial charge in [-0.1, -0.05) is 69.2 Å². The van der Waals surface area contributed by atoms with Crippen molar-refractivity contribution in [2.24, 2.45) is 0 Å². The van der Waals surface area contributed by atoms with Gasteiger partial charge in [-0.15, -0.1) is 0 Å². The molecule has 0 unspecified atom stereocenters. The zero-order valence-corrected chi connectivity index (χ0v) is 25.2. The van der Waals surface area contributed by atoms with E-state index in [9.17, 15) is 14.7 Å². The number of hydrogen-bond donors (Lipinski definition) is 2. The summed E-state index contributed by atoms with van der Waals surface area (Å²) in [5.74, 6) is 0.777. The normalized spacial score (nSPS) is 11.6. The maximum absolute atomic E-state index is 13.8. The highest BCUT2D eigenvalue weighted by Gasteiger charge is 2.22. The van der Waals surface area contributed by atoms with Crippen molar-refractivity contribution in [3.63, 3.8) is 0 Å². The molecule has 2 aromatic carbocycles. The van der Waals surface area contributed by atoms with Crippen LogP contribution in [0.3, 0.4) is 0 Å². The van der Waals surface area contributed by atoms with Crippen molar-refractivity contribution >= 4 is 16.9 Å². The number of fused-ring (bicyclic) bond motifs is 1. The van der Waals surface area contributed by atoms with Crippen LogP contribution in [-0.4, -0.2) is 54.9 Å². The van der Waals surface area contributed by atoms with Crippen LogP contribution in [0.4, 0.5) is 5.69 Å². The third-order valence-corrected chi connectivity index (χ3v) is 7.93. The third kappa shape index (κ3) is 7.77. The summed E-state index contributed by atoms with van der Waals surface area (Å²) in [5, 5.41) is 9.50. The van der Waals surface area contributed by atoms with Gasteiger partial charge in [-0.05, 0) is 55.5 Å². The summed E-state index contributed by atoms with van der Waals surface area (Å²) in [6, 6.07) is 18.1. The molecule has 0 aliphatic heterocycles. The van der Waals surface area contributed by atoms with Crippen molar-refractivity contribution in [1.29, 1.82) is 0 Å². The van der Waals surface area contributed by atoms with Crippen LogP contribution < -0.4 is 17.0 Å². The SMILES string of the molecule is CCCn1c(=O)c2c(nc(Cc3ccccc3)n2CCN(CC)CCO)n(CCCCCCc2ccc(N)cc2)c1=O. The van der Waals surface area contributed by atoms with Crippen molar-refractivity contribution in [3.05, 3.63) is 92.4 Å². The Bertz CT molecular complexity index is 1520. The molecule has 9 heteroatoms. The Kier molecular flexibility index (Phi) is 11.5. The molecule has 9 nitrogen and oxygen atoms in total. The summed E-state index contributed by atoms with van der Waals surface area (Å²) >= 11 is 0. The van der Waals surface area contributed by atoms with E-state index in [2.05, 4.69) is 36.1 Å². The van der Waals surface area contributed by atoms with Gasteiger partial charge in [0.1, 0.15) is 5.82 Å². The van der Waals surface area contributed by atoms with E-state index in [1.807, 2.05) is 41.8 Å². The standard InChI is InChI=1S/C33H46N6O3/c1-3-19-39-32(41)30-31(38(33(39)42)20-11-6-5-8-12-26-15-17-28(34)18-16-26)35-29(25-27-13-9-7-10-14-27)37(30)22-21-36(4-2)23-24-40/h7,9-10,13-18,40H,3-6,8,11-12,19-25,34H2,1-2H3. The van der Waals surface area contributed by atoms with Crippen molar-refractivity contribution in [2.75, 3.05) is 32.0 Å². The largest absolute Gasteiger partial charge is 0.399 e. The van der Waals surface area contributed by atoms with Crippen molar-refractivity contribution in [2.45, 2.75) is 78.4 Å². The lowest BCUT2D eigenvalue weighted by atomic mass is 10.1. The molecule has 4 rings (SSSR count). The first-order valence-electron chi connectivity index (χ1n) is 15.4. The average molecular weight is 575 g/mol. The minimum absolute atomic E-state index is 0.0816. The van der Waals surface area contributed by atoms with Crippen molar-refractivity contribution in [3.8, 4) is 0 Å². The molecule has 0 spiro atoms. The maximum Gasteiger partial charge on any atom is 0.332 e. The van der Waals surface area contributed by atoms with Crippen LogP contribution in [0.2, 0.25) is 0 Å². The van der Waals surface area contributed by atoms with Gasteiger partial charge >= 0.3 is 5.69 Å². The zero-order valence-electron chi connectivity index (χ0n) is 25.2. The number of aliphatic hydroxyl groups is 1. The summed E-state index contributed by atoms with van der Waals surface area (Å²) in [7, 11) is 0. The molecule has 0 amide bonds. The molecule has 0 atom stereocenters. The van der Waals surface area contributed by atoms with Crippen LogP contribution in [-0.2, 0) is 32.5 Å². The molecule has 0 radical (unpaired) electrons. The molecule has 3 N–H and O–H groups in total. The Morgan fingerprint density at radius 3 is 2.24 bits per heavy atom. The first-order chi connectivity index (χ1) is 20.5. The fourth-order valence-corrected chi connectivity index (χ4v) is 5.56. The fraction of sp³-hybridized carbons (Fsp3) is 0.485. The Morgan fingerprint density at radius 1 is 0.810 bits per heavy atom. The number of unbranched alkanes of at least 4 members (excludes halogenated alkanes) is 3. The topological polar surface area (TPSA) is 111 Å². The lowest BCUT2D eigenvalue weighted by molar-refractivity contribution is 0.197. The van der Waals surface area contributed by atoms with Gasteiger partial charge in [0, 0.05) is 44.8 Å². The number of nitrogen functional groups attached to an aromatic ring is 1. The highest BCUT2D eigenvalue weighted by Crippen LogP contribution is 2.17. The van der Waals surface area contributed by atoms with Gasteiger partial charge in [-0.3, -0.25) is 18.8 Å².